The van der Waals surface area contributed by atoms with E-state index in [9.17, 15) is 0 Å². The number of hydrogen-bond donors (Lipinski definition) is 1. The van der Waals surface area contributed by atoms with E-state index in [1.54, 1.807) is 0 Å². The van der Waals surface area contributed by atoms with Gasteiger partial charge in [-0.3, -0.25) is 0 Å². The molecule has 1 fully saturated rings. The van der Waals surface area contributed by atoms with Gasteiger partial charge in [-0.15, -0.1) is 0 Å². The van der Waals surface area contributed by atoms with Gasteiger partial charge < -0.3 is 14.7 Å². The minimum Gasteiger partial charge on any atom is -0.378 e. The van der Waals surface area contributed by atoms with Crippen molar-refractivity contribution >= 4 is 5.69 Å². The van der Waals surface area contributed by atoms with E-state index < -0.39 is 0 Å². The van der Waals surface area contributed by atoms with Crippen LogP contribution in [0.2, 0.25) is 0 Å². The molecule has 1 aliphatic heterocycles. The fraction of sp³-hybridized carbons (Fsp3) is 0.500. The minimum atomic E-state index is 0.609. The lowest BCUT2D eigenvalue weighted by Gasteiger charge is -2.20. The zero-order valence-corrected chi connectivity index (χ0v) is 12.7. The lowest BCUT2D eigenvalue weighted by atomic mass is 9.96. The summed E-state index contributed by atoms with van der Waals surface area (Å²) in [6.07, 6.45) is 3.37. The number of anilines is 1. The first-order valence-corrected chi connectivity index (χ1v) is 7.53. The highest BCUT2D eigenvalue weighted by Crippen LogP contribution is 2.23. The Morgan fingerprint density at radius 2 is 2.29 bits per heavy atom. The number of benzene rings is 1. The number of piperidine rings is 1. The zero-order chi connectivity index (χ0) is 14.7. The molecule has 112 valence electrons. The quantitative estimate of drug-likeness (QED) is 0.935. The van der Waals surface area contributed by atoms with Crippen LogP contribution >= 0.6 is 0 Å². The molecule has 1 aliphatic rings. The average Bonchev–Trinajstić information content (AvgIpc) is 2.97. The second kappa shape index (κ2) is 6.26. The molecule has 0 bridgehead atoms. The summed E-state index contributed by atoms with van der Waals surface area (Å²) in [6, 6.07) is 8.15. The average molecular weight is 286 g/mol. The number of hydrogen-bond acceptors (Lipinski definition) is 5. The van der Waals surface area contributed by atoms with Crippen LogP contribution in [0.3, 0.4) is 0 Å². The first-order valence-electron chi connectivity index (χ1n) is 7.53. The molecule has 3 rings (SSSR count). The fourth-order valence-corrected chi connectivity index (χ4v) is 2.73. The highest BCUT2D eigenvalue weighted by atomic mass is 16.5. The van der Waals surface area contributed by atoms with E-state index in [1.807, 2.05) is 26.2 Å². The molecule has 0 aliphatic carbocycles. The number of rotatable bonds is 4. The van der Waals surface area contributed by atoms with Crippen LogP contribution in [0.4, 0.5) is 5.69 Å². The Hall–Kier alpha value is -1.88. The summed E-state index contributed by atoms with van der Waals surface area (Å²) in [6.45, 7) is 2.19. The highest BCUT2D eigenvalue weighted by Gasteiger charge is 2.17. The minimum absolute atomic E-state index is 0.609. The summed E-state index contributed by atoms with van der Waals surface area (Å²) in [5.74, 6) is 2.05. The third-order valence-electron chi connectivity index (χ3n) is 3.95. The molecule has 5 nitrogen and oxygen atoms in total. The topological polar surface area (TPSA) is 54.2 Å². The number of aromatic nitrogens is 2. The molecule has 0 amide bonds. The third-order valence-corrected chi connectivity index (χ3v) is 3.95. The lowest BCUT2D eigenvalue weighted by molar-refractivity contribution is 0.360. The third kappa shape index (κ3) is 3.42. The summed E-state index contributed by atoms with van der Waals surface area (Å²) < 4.78 is 5.43. The van der Waals surface area contributed by atoms with Crippen LogP contribution in [0, 0.1) is 5.92 Å². The maximum absolute atomic E-state index is 5.43. The van der Waals surface area contributed by atoms with Crippen LogP contribution in [0.25, 0.3) is 11.5 Å². The summed E-state index contributed by atoms with van der Waals surface area (Å²) in [5, 5.41) is 7.56. The van der Waals surface area contributed by atoms with Gasteiger partial charge in [0.25, 0.3) is 5.89 Å². The number of nitrogens with one attached hydrogen (secondary N) is 1. The van der Waals surface area contributed by atoms with E-state index in [1.165, 1.54) is 12.8 Å². The van der Waals surface area contributed by atoms with Crippen molar-refractivity contribution in [2.75, 3.05) is 32.1 Å². The number of nitrogens with zero attached hydrogens (tertiary/aromatic N) is 3. The molecule has 1 atom stereocenters. The van der Waals surface area contributed by atoms with Gasteiger partial charge in [0.1, 0.15) is 0 Å². The Balaban J connectivity index is 1.73. The Morgan fingerprint density at radius 3 is 3.05 bits per heavy atom. The van der Waals surface area contributed by atoms with E-state index in [4.69, 9.17) is 4.52 Å². The molecule has 0 radical (unpaired) electrons. The first kappa shape index (κ1) is 14.1. The van der Waals surface area contributed by atoms with Gasteiger partial charge in [-0.05, 0) is 50.0 Å². The Bertz CT molecular complexity index is 587. The van der Waals surface area contributed by atoms with Crippen molar-refractivity contribution in [1.29, 1.82) is 0 Å². The van der Waals surface area contributed by atoms with Gasteiger partial charge in [0, 0.05) is 31.8 Å². The smallest absolute Gasteiger partial charge is 0.257 e. The summed E-state index contributed by atoms with van der Waals surface area (Å²) >= 11 is 0. The lowest BCUT2D eigenvalue weighted by Crippen LogP contribution is -2.31. The maximum atomic E-state index is 5.43. The highest BCUT2D eigenvalue weighted by molar-refractivity contribution is 5.61. The zero-order valence-electron chi connectivity index (χ0n) is 12.7. The van der Waals surface area contributed by atoms with E-state index in [2.05, 4.69) is 32.5 Å². The van der Waals surface area contributed by atoms with Gasteiger partial charge >= 0.3 is 0 Å². The first-order chi connectivity index (χ1) is 10.2. The molecule has 1 aromatic heterocycles. The molecular weight excluding hydrogens is 264 g/mol. The van der Waals surface area contributed by atoms with E-state index >= 15 is 0 Å². The Kier molecular flexibility index (Phi) is 4.20. The second-order valence-electron chi connectivity index (χ2n) is 5.88. The van der Waals surface area contributed by atoms with Gasteiger partial charge in [-0.2, -0.15) is 4.98 Å². The normalized spacial score (nSPS) is 18.7. The van der Waals surface area contributed by atoms with Crippen LogP contribution in [-0.4, -0.2) is 37.3 Å². The molecule has 1 N–H and O–H groups in total. The van der Waals surface area contributed by atoms with Crippen molar-refractivity contribution in [3.63, 3.8) is 0 Å². The SMILES string of the molecule is CN(C)c1cccc(-c2nc(CC3CCCNC3)no2)c1. The molecule has 5 heteroatoms. The largest absolute Gasteiger partial charge is 0.378 e. The van der Waals surface area contributed by atoms with Crippen LogP contribution < -0.4 is 10.2 Å². The van der Waals surface area contributed by atoms with Gasteiger partial charge in [-0.1, -0.05) is 11.2 Å². The van der Waals surface area contributed by atoms with Crippen molar-refractivity contribution < 1.29 is 4.52 Å². The van der Waals surface area contributed by atoms with Gasteiger partial charge in [0.2, 0.25) is 0 Å². The van der Waals surface area contributed by atoms with Crippen molar-refractivity contribution in [3.05, 3.63) is 30.1 Å². The van der Waals surface area contributed by atoms with E-state index in [0.717, 1.165) is 36.6 Å². The van der Waals surface area contributed by atoms with E-state index in [-0.39, 0.29) is 0 Å². The molecular formula is C16H22N4O. The molecule has 1 unspecified atom stereocenters. The van der Waals surface area contributed by atoms with Gasteiger partial charge in [0.05, 0.1) is 0 Å². The summed E-state index contributed by atoms with van der Waals surface area (Å²) in [5.41, 5.74) is 2.10. The van der Waals surface area contributed by atoms with Gasteiger partial charge in [0.15, 0.2) is 5.82 Å². The van der Waals surface area contributed by atoms with Gasteiger partial charge in [-0.25, -0.2) is 0 Å². The Morgan fingerprint density at radius 1 is 1.38 bits per heavy atom. The fourth-order valence-electron chi connectivity index (χ4n) is 2.73. The molecule has 0 saturated carbocycles. The van der Waals surface area contributed by atoms with Crippen molar-refractivity contribution in [1.82, 2.24) is 15.5 Å². The summed E-state index contributed by atoms with van der Waals surface area (Å²) in [7, 11) is 4.04. The molecule has 2 heterocycles. The molecule has 1 aromatic carbocycles. The monoisotopic (exact) mass is 286 g/mol. The molecule has 0 spiro atoms. The van der Waals surface area contributed by atoms with Crippen molar-refractivity contribution in [2.24, 2.45) is 5.92 Å². The maximum Gasteiger partial charge on any atom is 0.257 e. The standard InChI is InChI=1S/C16H22N4O/c1-20(2)14-7-3-6-13(10-14)16-18-15(19-21-16)9-12-5-4-8-17-11-12/h3,6-7,10,12,17H,4-5,8-9,11H2,1-2H3. The molecule has 21 heavy (non-hydrogen) atoms. The van der Waals surface area contributed by atoms with E-state index in [0.29, 0.717) is 11.8 Å². The molecule has 1 saturated heterocycles. The van der Waals surface area contributed by atoms with Crippen LogP contribution in [0.15, 0.2) is 28.8 Å². The predicted octanol–water partition coefficient (Wildman–Crippen LogP) is 2.34. The second-order valence-corrected chi connectivity index (χ2v) is 5.88. The Labute approximate surface area is 125 Å². The van der Waals surface area contributed by atoms with Crippen LogP contribution in [0.5, 0.6) is 0 Å². The van der Waals surface area contributed by atoms with Crippen molar-refractivity contribution in [2.45, 2.75) is 19.3 Å². The van der Waals surface area contributed by atoms with Crippen LogP contribution in [-0.2, 0) is 6.42 Å². The van der Waals surface area contributed by atoms with Crippen LogP contribution in [0.1, 0.15) is 18.7 Å². The molecule has 2 aromatic rings. The van der Waals surface area contributed by atoms with Crippen molar-refractivity contribution in [3.8, 4) is 11.5 Å². The summed E-state index contributed by atoms with van der Waals surface area (Å²) in [4.78, 5) is 6.61. The predicted molar refractivity (Wildman–Crippen MR) is 83.4 cm³/mol.